The molecule has 2 heterocycles. The molecule has 0 N–H and O–H groups in total. The Hall–Kier alpha value is -0.900. The Bertz CT molecular complexity index is 367. The SMILES string of the molecule is CC1CCCCN1Cc1nc(C(C)(C)C)no1. The first-order valence-electron chi connectivity index (χ1n) is 6.54. The van der Waals surface area contributed by atoms with E-state index in [0.717, 1.165) is 24.8 Å². The molecule has 0 aromatic carbocycles. The van der Waals surface area contributed by atoms with Gasteiger partial charge < -0.3 is 4.52 Å². The Morgan fingerprint density at radius 3 is 2.71 bits per heavy atom. The zero-order valence-electron chi connectivity index (χ0n) is 11.4. The minimum Gasteiger partial charge on any atom is -0.338 e. The van der Waals surface area contributed by atoms with E-state index in [4.69, 9.17) is 4.52 Å². The van der Waals surface area contributed by atoms with E-state index in [1.807, 2.05) is 0 Å². The summed E-state index contributed by atoms with van der Waals surface area (Å²) in [5.41, 5.74) is -0.0325. The molecule has 1 aliphatic rings. The molecule has 4 heteroatoms. The van der Waals surface area contributed by atoms with Crippen LogP contribution in [0, 0.1) is 0 Å². The summed E-state index contributed by atoms with van der Waals surface area (Å²) >= 11 is 0. The highest BCUT2D eigenvalue weighted by atomic mass is 16.5. The van der Waals surface area contributed by atoms with Gasteiger partial charge in [0.2, 0.25) is 5.89 Å². The first kappa shape index (κ1) is 12.6. The van der Waals surface area contributed by atoms with E-state index in [-0.39, 0.29) is 5.41 Å². The van der Waals surface area contributed by atoms with Crippen molar-refractivity contribution in [3.8, 4) is 0 Å². The topological polar surface area (TPSA) is 42.2 Å². The predicted octanol–water partition coefficient (Wildman–Crippen LogP) is 2.74. The lowest BCUT2D eigenvalue weighted by atomic mass is 9.96. The molecule has 1 atom stereocenters. The van der Waals surface area contributed by atoms with Crippen molar-refractivity contribution in [3.05, 3.63) is 11.7 Å². The van der Waals surface area contributed by atoms with E-state index in [9.17, 15) is 0 Å². The van der Waals surface area contributed by atoms with Crippen LogP contribution in [0.3, 0.4) is 0 Å². The molecule has 0 bridgehead atoms. The maximum absolute atomic E-state index is 5.34. The molecule has 1 unspecified atom stereocenters. The average molecular weight is 237 g/mol. The summed E-state index contributed by atoms with van der Waals surface area (Å²) in [5, 5.41) is 4.07. The van der Waals surface area contributed by atoms with Gasteiger partial charge >= 0.3 is 0 Å². The Morgan fingerprint density at radius 2 is 2.12 bits per heavy atom. The lowest BCUT2D eigenvalue weighted by Crippen LogP contribution is -2.36. The van der Waals surface area contributed by atoms with E-state index in [2.05, 4.69) is 42.7 Å². The Balaban J connectivity index is 2.01. The number of rotatable bonds is 2. The summed E-state index contributed by atoms with van der Waals surface area (Å²) in [6.45, 7) is 10.5. The third kappa shape index (κ3) is 3.06. The number of piperidine rings is 1. The lowest BCUT2D eigenvalue weighted by Gasteiger charge is -2.31. The minimum absolute atomic E-state index is 0.0325. The molecule has 4 nitrogen and oxygen atoms in total. The fraction of sp³-hybridized carbons (Fsp3) is 0.846. The normalized spacial score (nSPS) is 22.9. The molecular weight excluding hydrogens is 214 g/mol. The fourth-order valence-electron chi connectivity index (χ4n) is 2.19. The molecule has 1 aromatic heterocycles. The number of hydrogen-bond acceptors (Lipinski definition) is 4. The second-order valence-electron chi connectivity index (χ2n) is 6.08. The molecule has 1 aliphatic heterocycles. The molecule has 0 amide bonds. The molecule has 2 rings (SSSR count). The smallest absolute Gasteiger partial charge is 0.240 e. The highest BCUT2D eigenvalue weighted by molar-refractivity contribution is 5.00. The summed E-state index contributed by atoms with van der Waals surface area (Å²) < 4.78 is 5.34. The van der Waals surface area contributed by atoms with Gasteiger partial charge in [-0.15, -0.1) is 0 Å². The van der Waals surface area contributed by atoms with Gasteiger partial charge in [0.05, 0.1) is 6.54 Å². The van der Waals surface area contributed by atoms with Gasteiger partial charge in [0, 0.05) is 11.5 Å². The number of aromatic nitrogens is 2. The molecule has 1 saturated heterocycles. The second kappa shape index (κ2) is 4.77. The third-order valence-electron chi connectivity index (χ3n) is 3.42. The summed E-state index contributed by atoms with van der Waals surface area (Å²) in [6.07, 6.45) is 3.90. The summed E-state index contributed by atoms with van der Waals surface area (Å²) in [4.78, 5) is 6.92. The van der Waals surface area contributed by atoms with Crippen LogP contribution < -0.4 is 0 Å². The van der Waals surface area contributed by atoms with Gasteiger partial charge in [0.1, 0.15) is 0 Å². The molecule has 0 radical (unpaired) electrons. The van der Waals surface area contributed by atoms with Gasteiger partial charge in [-0.25, -0.2) is 0 Å². The lowest BCUT2D eigenvalue weighted by molar-refractivity contribution is 0.135. The van der Waals surface area contributed by atoms with Gasteiger partial charge in [-0.1, -0.05) is 32.3 Å². The zero-order chi connectivity index (χ0) is 12.5. The number of nitrogens with zero attached hydrogens (tertiary/aromatic N) is 3. The summed E-state index contributed by atoms with van der Waals surface area (Å²) in [5.74, 6) is 1.56. The van der Waals surface area contributed by atoms with Crippen molar-refractivity contribution in [2.24, 2.45) is 0 Å². The van der Waals surface area contributed by atoms with E-state index in [1.165, 1.54) is 19.3 Å². The highest BCUT2D eigenvalue weighted by Crippen LogP contribution is 2.21. The van der Waals surface area contributed by atoms with Crippen LogP contribution >= 0.6 is 0 Å². The van der Waals surface area contributed by atoms with Crippen LogP contribution in [0.1, 0.15) is 58.7 Å². The average Bonchev–Trinajstić information content (AvgIpc) is 2.69. The second-order valence-corrected chi connectivity index (χ2v) is 6.08. The first-order chi connectivity index (χ1) is 7.97. The zero-order valence-corrected chi connectivity index (χ0v) is 11.4. The van der Waals surface area contributed by atoms with Crippen LogP contribution in [0.25, 0.3) is 0 Å². The van der Waals surface area contributed by atoms with Gasteiger partial charge in [0.15, 0.2) is 5.82 Å². The molecule has 1 aromatic rings. The number of hydrogen-bond donors (Lipinski definition) is 0. The van der Waals surface area contributed by atoms with Crippen LogP contribution in [0.4, 0.5) is 0 Å². The maximum atomic E-state index is 5.34. The van der Waals surface area contributed by atoms with Crippen LogP contribution in [-0.4, -0.2) is 27.6 Å². The quantitative estimate of drug-likeness (QED) is 0.793. The maximum Gasteiger partial charge on any atom is 0.240 e. The van der Waals surface area contributed by atoms with Crippen molar-refractivity contribution >= 4 is 0 Å². The molecule has 17 heavy (non-hydrogen) atoms. The first-order valence-corrected chi connectivity index (χ1v) is 6.54. The molecule has 1 fully saturated rings. The van der Waals surface area contributed by atoms with Crippen LogP contribution in [0.15, 0.2) is 4.52 Å². The van der Waals surface area contributed by atoms with Crippen LogP contribution in [0.2, 0.25) is 0 Å². The number of likely N-dealkylation sites (tertiary alicyclic amines) is 1. The molecule has 0 saturated carbocycles. The van der Waals surface area contributed by atoms with Crippen molar-refractivity contribution in [1.82, 2.24) is 15.0 Å². The van der Waals surface area contributed by atoms with Crippen LogP contribution in [0.5, 0.6) is 0 Å². The van der Waals surface area contributed by atoms with E-state index in [0.29, 0.717) is 6.04 Å². The Morgan fingerprint density at radius 1 is 1.35 bits per heavy atom. The standard InChI is InChI=1S/C13H23N3O/c1-10-7-5-6-8-16(10)9-11-14-12(15-17-11)13(2,3)4/h10H,5-9H2,1-4H3. The molecular formula is C13H23N3O. The predicted molar refractivity (Wildman–Crippen MR) is 66.7 cm³/mol. The molecule has 0 aliphatic carbocycles. The van der Waals surface area contributed by atoms with Crippen molar-refractivity contribution in [1.29, 1.82) is 0 Å². The van der Waals surface area contributed by atoms with Gasteiger partial charge in [0.25, 0.3) is 0 Å². The monoisotopic (exact) mass is 237 g/mol. The molecule has 0 spiro atoms. The van der Waals surface area contributed by atoms with Crippen molar-refractivity contribution < 1.29 is 4.52 Å². The Kier molecular flexibility index (Phi) is 3.52. The van der Waals surface area contributed by atoms with Crippen molar-refractivity contribution in [2.45, 2.75) is 65.0 Å². The van der Waals surface area contributed by atoms with E-state index in [1.54, 1.807) is 0 Å². The minimum atomic E-state index is -0.0325. The Labute approximate surface area is 103 Å². The van der Waals surface area contributed by atoms with E-state index < -0.39 is 0 Å². The van der Waals surface area contributed by atoms with Crippen molar-refractivity contribution in [2.75, 3.05) is 6.54 Å². The highest BCUT2D eigenvalue weighted by Gasteiger charge is 2.24. The third-order valence-corrected chi connectivity index (χ3v) is 3.42. The van der Waals surface area contributed by atoms with E-state index >= 15 is 0 Å². The summed E-state index contributed by atoms with van der Waals surface area (Å²) in [6, 6.07) is 0.633. The van der Waals surface area contributed by atoms with Crippen molar-refractivity contribution in [3.63, 3.8) is 0 Å². The van der Waals surface area contributed by atoms with Gasteiger partial charge in [-0.2, -0.15) is 4.98 Å². The largest absolute Gasteiger partial charge is 0.338 e. The fourth-order valence-corrected chi connectivity index (χ4v) is 2.19. The van der Waals surface area contributed by atoms with Gasteiger partial charge in [-0.05, 0) is 26.3 Å². The van der Waals surface area contributed by atoms with Gasteiger partial charge in [-0.3, -0.25) is 4.90 Å². The van der Waals surface area contributed by atoms with Crippen LogP contribution in [-0.2, 0) is 12.0 Å². The summed E-state index contributed by atoms with van der Waals surface area (Å²) in [7, 11) is 0. The molecule has 96 valence electrons.